The van der Waals surface area contributed by atoms with Crippen LogP contribution in [-0.4, -0.2) is 22.7 Å². The number of anilines is 2. The molecule has 0 saturated carbocycles. The third-order valence-electron chi connectivity index (χ3n) is 4.65. The molecule has 0 saturated heterocycles. The van der Waals surface area contributed by atoms with Crippen LogP contribution >= 0.6 is 0 Å². The summed E-state index contributed by atoms with van der Waals surface area (Å²) in [7, 11) is 0. The van der Waals surface area contributed by atoms with E-state index < -0.39 is 0 Å². The first-order valence-corrected chi connectivity index (χ1v) is 8.92. The van der Waals surface area contributed by atoms with Gasteiger partial charge in [0.1, 0.15) is 0 Å². The van der Waals surface area contributed by atoms with Gasteiger partial charge in [-0.15, -0.1) is 0 Å². The fraction of sp³-hybridized carbons (Fsp3) is 0.190. The van der Waals surface area contributed by atoms with Crippen LogP contribution in [-0.2, 0) is 6.54 Å². The molecule has 7 nitrogen and oxygen atoms in total. The molecular formula is C21H20N4O3. The summed E-state index contributed by atoms with van der Waals surface area (Å²) in [5.74, 6) is 1.69. The zero-order valence-electron chi connectivity index (χ0n) is 15.7. The van der Waals surface area contributed by atoms with E-state index in [2.05, 4.69) is 20.6 Å². The third-order valence-corrected chi connectivity index (χ3v) is 4.65. The molecule has 1 aromatic heterocycles. The molecule has 1 aliphatic heterocycles. The van der Waals surface area contributed by atoms with E-state index in [-0.39, 0.29) is 12.7 Å². The number of aromatic nitrogens is 2. The van der Waals surface area contributed by atoms with Gasteiger partial charge in [0.2, 0.25) is 12.7 Å². The van der Waals surface area contributed by atoms with Crippen molar-refractivity contribution in [2.75, 3.05) is 17.4 Å². The maximum atomic E-state index is 12.4. The van der Waals surface area contributed by atoms with Gasteiger partial charge in [-0.25, -0.2) is 9.97 Å². The van der Waals surface area contributed by atoms with E-state index in [1.165, 1.54) is 12.4 Å². The Labute approximate surface area is 162 Å². The van der Waals surface area contributed by atoms with Crippen molar-refractivity contribution in [2.45, 2.75) is 20.4 Å². The number of nitrogens with zero attached hydrogens (tertiary/aromatic N) is 2. The average Bonchev–Trinajstić information content (AvgIpc) is 3.18. The summed E-state index contributed by atoms with van der Waals surface area (Å²) >= 11 is 0. The Balaban J connectivity index is 1.38. The number of nitrogens with one attached hydrogen (secondary N) is 2. The van der Waals surface area contributed by atoms with Crippen molar-refractivity contribution in [1.82, 2.24) is 9.97 Å². The summed E-state index contributed by atoms with van der Waals surface area (Å²) in [4.78, 5) is 20.9. The predicted molar refractivity (Wildman–Crippen MR) is 106 cm³/mol. The standard InChI is InChI=1S/C21H20N4O3/c1-13-4-3-5-17(14(13)2)25-20(26)16-10-23-21(24-11-16)22-9-15-6-7-18-19(8-15)28-12-27-18/h3-8,10-11H,9,12H2,1-2H3,(H,25,26)(H,22,23,24). The van der Waals surface area contributed by atoms with E-state index in [0.29, 0.717) is 18.1 Å². The summed E-state index contributed by atoms with van der Waals surface area (Å²) in [5.41, 5.74) is 4.37. The van der Waals surface area contributed by atoms with Gasteiger partial charge in [0.15, 0.2) is 11.5 Å². The van der Waals surface area contributed by atoms with Gasteiger partial charge in [-0.1, -0.05) is 18.2 Å². The van der Waals surface area contributed by atoms with Gasteiger partial charge < -0.3 is 20.1 Å². The normalized spacial score (nSPS) is 11.9. The molecule has 0 fully saturated rings. The molecule has 0 radical (unpaired) electrons. The first-order chi connectivity index (χ1) is 13.6. The van der Waals surface area contributed by atoms with E-state index >= 15 is 0 Å². The molecule has 1 aliphatic rings. The molecule has 7 heteroatoms. The lowest BCUT2D eigenvalue weighted by molar-refractivity contribution is 0.102. The zero-order chi connectivity index (χ0) is 19.5. The molecule has 1 amide bonds. The summed E-state index contributed by atoms with van der Waals surface area (Å²) in [6, 6.07) is 11.5. The number of ether oxygens (including phenoxy) is 2. The van der Waals surface area contributed by atoms with Crippen molar-refractivity contribution < 1.29 is 14.3 Å². The Morgan fingerprint density at radius 1 is 1.07 bits per heavy atom. The van der Waals surface area contributed by atoms with E-state index in [1.807, 2.05) is 50.2 Å². The Morgan fingerprint density at radius 3 is 2.68 bits per heavy atom. The van der Waals surface area contributed by atoms with Crippen LogP contribution in [0.5, 0.6) is 11.5 Å². The monoisotopic (exact) mass is 376 g/mol. The Kier molecular flexibility index (Phi) is 4.80. The van der Waals surface area contributed by atoms with Gasteiger partial charge >= 0.3 is 0 Å². The quantitative estimate of drug-likeness (QED) is 0.706. The molecule has 0 aliphatic carbocycles. The van der Waals surface area contributed by atoms with Gasteiger partial charge in [0.25, 0.3) is 5.91 Å². The molecule has 0 atom stereocenters. The van der Waals surface area contributed by atoms with Crippen LogP contribution in [0.15, 0.2) is 48.8 Å². The van der Waals surface area contributed by atoms with Crippen LogP contribution in [0.4, 0.5) is 11.6 Å². The van der Waals surface area contributed by atoms with Gasteiger partial charge in [-0.05, 0) is 48.7 Å². The fourth-order valence-corrected chi connectivity index (χ4v) is 2.85. The van der Waals surface area contributed by atoms with Crippen LogP contribution in [0.2, 0.25) is 0 Å². The maximum absolute atomic E-state index is 12.4. The molecule has 3 aromatic rings. The smallest absolute Gasteiger partial charge is 0.258 e. The second kappa shape index (κ2) is 7.56. The topological polar surface area (TPSA) is 85.4 Å². The Morgan fingerprint density at radius 2 is 1.86 bits per heavy atom. The van der Waals surface area contributed by atoms with Gasteiger partial charge in [0.05, 0.1) is 5.56 Å². The molecule has 2 heterocycles. The first-order valence-electron chi connectivity index (χ1n) is 8.92. The summed E-state index contributed by atoms with van der Waals surface area (Å²) in [6.45, 7) is 4.77. The summed E-state index contributed by atoms with van der Waals surface area (Å²) in [6.07, 6.45) is 3.02. The van der Waals surface area contributed by atoms with Crippen LogP contribution in [0.25, 0.3) is 0 Å². The molecule has 2 N–H and O–H groups in total. The third kappa shape index (κ3) is 3.73. The van der Waals surface area contributed by atoms with Crippen LogP contribution in [0.1, 0.15) is 27.0 Å². The number of hydrogen-bond donors (Lipinski definition) is 2. The lowest BCUT2D eigenvalue weighted by atomic mass is 10.1. The predicted octanol–water partition coefficient (Wildman–Crippen LogP) is 3.69. The highest BCUT2D eigenvalue weighted by molar-refractivity contribution is 6.04. The Bertz CT molecular complexity index is 1020. The summed E-state index contributed by atoms with van der Waals surface area (Å²) in [5, 5.41) is 6.04. The minimum absolute atomic E-state index is 0.240. The second-order valence-electron chi connectivity index (χ2n) is 6.54. The lowest BCUT2D eigenvalue weighted by Gasteiger charge is -2.10. The molecule has 0 spiro atoms. The van der Waals surface area contributed by atoms with Gasteiger partial charge in [-0.2, -0.15) is 0 Å². The molecule has 4 rings (SSSR count). The number of benzene rings is 2. The fourth-order valence-electron chi connectivity index (χ4n) is 2.85. The molecule has 2 aromatic carbocycles. The van der Waals surface area contributed by atoms with Crippen molar-refractivity contribution >= 4 is 17.5 Å². The molecule has 0 bridgehead atoms. The van der Waals surface area contributed by atoms with E-state index in [0.717, 1.165) is 33.9 Å². The number of fused-ring (bicyclic) bond motifs is 1. The second-order valence-corrected chi connectivity index (χ2v) is 6.54. The highest BCUT2D eigenvalue weighted by Gasteiger charge is 2.13. The molecular weight excluding hydrogens is 356 g/mol. The van der Waals surface area contributed by atoms with Crippen LogP contribution in [0, 0.1) is 13.8 Å². The van der Waals surface area contributed by atoms with Crippen LogP contribution in [0.3, 0.4) is 0 Å². The summed E-state index contributed by atoms with van der Waals surface area (Å²) < 4.78 is 10.7. The van der Waals surface area contributed by atoms with Crippen molar-refractivity contribution in [3.05, 3.63) is 71.0 Å². The minimum atomic E-state index is -0.240. The molecule has 28 heavy (non-hydrogen) atoms. The maximum Gasteiger partial charge on any atom is 0.258 e. The van der Waals surface area contributed by atoms with Gasteiger partial charge in [-0.3, -0.25) is 4.79 Å². The highest BCUT2D eigenvalue weighted by Crippen LogP contribution is 2.32. The van der Waals surface area contributed by atoms with Crippen LogP contribution < -0.4 is 20.1 Å². The van der Waals surface area contributed by atoms with E-state index in [9.17, 15) is 4.79 Å². The molecule has 142 valence electrons. The SMILES string of the molecule is Cc1cccc(NC(=O)c2cnc(NCc3ccc4c(c3)OCO4)nc2)c1C. The number of aryl methyl sites for hydroxylation is 1. The van der Waals surface area contributed by atoms with E-state index in [4.69, 9.17) is 9.47 Å². The number of carbonyl (C=O) groups excluding carboxylic acids is 1. The van der Waals surface area contributed by atoms with Crippen molar-refractivity contribution in [2.24, 2.45) is 0 Å². The number of hydrogen-bond acceptors (Lipinski definition) is 6. The average molecular weight is 376 g/mol. The highest BCUT2D eigenvalue weighted by atomic mass is 16.7. The largest absolute Gasteiger partial charge is 0.454 e. The number of rotatable bonds is 5. The van der Waals surface area contributed by atoms with Gasteiger partial charge in [0, 0.05) is 24.6 Å². The lowest BCUT2D eigenvalue weighted by Crippen LogP contribution is -2.14. The van der Waals surface area contributed by atoms with E-state index in [1.54, 1.807) is 0 Å². The van der Waals surface area contributed by atoms with Crippen molar-refractivity contribution in [3.63, 3.8) is 0 Å². The number of carbonyl (C=O) groups is 1. The van der Waals surface area contributed by atoms with Crippen molar-refractivity contribution in [3.8, 4) is 11.5 Å². The number of amides is 1. The zero-order valence-corrected chi connectivity index (χ0v) is 15.7. The molecule has 0 unspecified atom stereocenters. The van der Waals surface area contributed by atoms with Crippen molar-refractivity contribution in [1.29, 1.82) is 0 Å². The first kappa shape index (κ1) is 17.8. The Hall–Kier alpha value is -3.61. The minimum Gasteiger partial charge on any atom is -0.454 e.